The molecular weight excluding hydrogens is 298 g/mol. The molecule has 0 saturated carbocycles. The predicted octanol–water partition coefficient (Wildman–Crippen LogP) is 1.71. The van der Waals surface area contributed by atoms with Crippen molar-refractivity contribution in [3.05, 3.63) is 17.7 Å². The number of carbonyl (C=O) groups excluding carboxylic acids is 1. The van der Waals surface area contributed by atoms with Crippen molar-refractivity contribution in [2.45, 2.75) is 26.0 Å². The Balaban J connectivity index is 2.16. The summed E-state index contributed by atoms with van der Waals surface area (Å²) in [5.74, 6) is 0.639. The number of amides is 1. The van der Waals surface area contributed by atoms with Crippen LogP contribution in [0.3, 0.4) is 0 Å². The third-order valence-electron chi connectivity index (χ3n) is 3.20. The van der Waals surface area contributed by atoms with Gasteiger partial charge in [0, 0.05) is 31.6 Å². The first-order valence-electron chi connectivity index (χ1n) is 6.82. The first kappa shape index (κ1) is 16.3. The third kappa shape index (κ3) is 3.97. The number of hydrogen-bond donors (Lipinski definition) is 1. The van der Waals surface area contributed by atoms with E-state index < -0.39 is 6.61 Å². The second-order valence-corrected chi connectivity index (χ2v) is 4.83. The van der Waals surface area contributed by atoms with Crippen molar-refractivity contribution in [1.29, 1.82) is 0 Å². The minimum absolute atomic E-state index is 0.0260. The van der Waals surface area contributed by atoms with Crippen LogP contribution in [-0.2, 0) is 11.3 Å². The maximum atomic E-state index is 12.5. The van der Waals surface area contributed by atoms with Gasteiger partial charge in [-0.1, -0.05) is 0 Å². The van der Waals surface area contributed by atoms with E-state index in [9.17, 15) is 13.6 Å². The highest BCUT2D eigenvalue weighted by atomic mass is 19.3. The van der Waals surface area contributed by atoms with Crippen LogP contribution in [0.4, 0.5) is 8.78 Å². The van der Waals surface area contributed by atoms with Gasteiger partial charge in [-0.15, -0.1) is 0 Å². The summed E-state index contributed by atoms with van der Waals surface area (Å²) in [7, 11) is 1.59. The number of alkyl halides is 2. The number of fused-ring (bicyclic) bond motifs is 1. The van der Waals surface area contributed by atoms with Gasteiger partial charge in [0.15, 0.2) is 11.5 Å². The van der Waals surface area contributed by atoms with E-state index in [1.54, 1.807) is 13.1 Å². The summed E-state index contributed by atoms with van der Waals surface area (Å²) < 4.78 is 39.9. The van der Waals surface area contributed by atoms with Crippen molar-refractivity contribution in [3.63, 3.8) is 0 Å². The molecule has 0 aliphatic carbocycles. The molecule has 0 saturated heterocycles. The standard InChI is InChI=1S/C14H18F2N2O4/c1-18(13(19)3-2-4-17)7-9-5-11-12(21-8-20-11)6-10(9)22-14(15)16/h5-6,14H,2-4,7-8,17H2,1H3. The Labute approximate surface area is 126 Å². The van der Waals surface area contributed by atoms with Gasteiger partial charge in [-0.2, -0.15) is 8.78 Å². The highest BCUT2D eigenvalue weighted by molar-refractivity contribution is 5.76. The molecule has 1 aromatic rings. The number of nitrogens with two attached hydrogens (primary N) is 1. The molecule has 8 heteroatoms. The van der Waals surface area contributed by atoms with Crippen molar-refractivity contribution in [1.82, 2.24) is 4.90 Å². The molecule has 0 aromatic heterocycles. The number of halogens is 2. The summed E-state index contributed by atoms with van der Waals surface area (Å²) in [5, 5.41) is 0. The van der Waals surface area contributed by atoms with Gasteiger partial charge in [0.05, 0.1) is 0 Å². The molecule has 122 valence electrons. The SMILES string of the molecule is CN(Cc1cc2c(cc1OC(F)F)OCO2)C(=O)CCCN. The Morgan fingerprint density at radius 3 is 2.73 bits per heavy atom. The Kier molecular flexibility index (Phi) is 5.37. The molecule has 0 bridgehead atoms. The summed E-state index contributed by atoms with van der Waals surface area (Å²) in [6.45, 7) is -2.39. The summed E-state index contributed by atoms with van der Waals surface area (Å²) in [6.07, 6.45) is 0.882. The van der Waals surface area contributed by atoms with Crippen LogP contribution in [0.15, 0.2) is 12.1 Å². The van der Waals surface area contributed by atoms with Gasteiger partial charge in [-0.3, -0.25) is 4.79 Å². The summed E-state index contributed by atoms with van der Waals surface area (Å²) in [6, 6.07) is 2.90. The van der Waals surface area contributed by atoms with Crippen molar-refractivity contribution in [2.24, 2.45) is 5.73 Å². The number of ether oxygens (including phenoxy) is 3. The average molecular weight is 316 g/mol. The first-order valence-corrected chi connectivity index (χ1v) is 6.82. The second kappa shape index (κ2) is 7.26. The van der Waals surface area contributed by atoms with E-state index in [-0.39, 0.29) is 25.0 Å². The van der Waals surface area contributed by atoms with Crippen LogP contribution in [0.25, 0.3) is 0 Å². The zero-order valence-corrected chi connectivity index (χ0v) is 12.2. The number of benzene rings is 1. The molecule has 22 heavy (non-hydrogen) atoms. The fourth-order valence-electron chi connectivity index (χ4n) is 2.08. The van der Waals surface area contributed by atoms with Crippen molar-refractivity contribution in [3.8, 4) is 17.2 Å². The van der Waals surface area contributed by atoms with Crippen LogP contribution in [0, 0.1) is 0 Å². The lowest BCUT2D eigenvalue weighted by Gasteiger charge is -2.19. The highest BCUT2D eigenvalue weighted by Gasteiger charge is 2.21. The molecule has 1 aromatic carbocycles. The maximum absolute atomic E-state index is 12.5. The van der Waals surface area contributed by atoms with Crippen LogP contribution in [0.1, 0.15) is 18.4 Å². The monoisotopic (exact) mass is 316 g/mol. The molecule has 6 nitrogen and oxygen atoms in total. The Morgan fingerprint density at radius 2 is 2.09 bits per heavy atom. The van der Waals surface area contributed by atoms with Crippen LogP contribution >= 0.6 is 0 Å². The van der Waals surface area contributed by atoms with E-state index in [0.29, 0.717) is 36.4 Å². The molecule has 0 atom stereocenters. The molecule has 1 heterocycles. The molecule has 1 aliphatic rings. The van der Waals surface area contributed by atoms with Crippen LogP contribution in [0.2, 0.25) is 0 Å². The topological polar surface area (TPSA) is 74.0 Å². The highest BCUT2D eigenvalue weighted by Crippen LogP contribution is 2.39. The number of nitrogens with zero attached hydrogens (tertiary/aromatic N) is 1. The zero-order valence-electron chi connectivity index (χ0n) is 12.2. The fourth-order valence-corrected chi connectivity index (χ4v) is 2.08. The Morgan fingerprint density at radius 1 is 1.41 bits per heavy atom. The van der Waals surface area contributed by atoms with Crippen LogP contribution in [-0.4, -0.2) is 37.8 Å². The molecule has 1 amide bonds. The molecule has 1 aliphatic heterocycles. The van der Waals surface area contributed by atoms with E-state index in [0.717, 1.165) is 0 Å². The quantitative estimate of drug-likeness (QED) is 0.829. The average Bonchev–Trinajstić information content (AvgIpc) is 2.91. The van der Waals surface area contributed by atoms with Gasteiger partial charge >= 0.3 is 6.61 Å². The molecular formula is C14H18F2N2O4. The van der Waals surface area contributed by atoms with Crippen molar-refractivity contribution < 1.29 is 27.8 Å². The summed E-state index contributed by atoms with van der Waals surface area (Å²) in [5.41, 5.74) is 5.79. The summed E-state index contributed by atoms with van der Waals surface area (Å²) >= 11 is 0. The van der Waals surface area contributed by atoms with Gasteiger partial charge in [0.1, 0.15) is 5.75 Å². The first-order chi connectivity index (χ1) is 10.5. The minimum Gasteiger partial charge on any atom is -0.454 e. The molecule has 0 fully saturated rings. The Bertz CT molecular complexity index is 540. The van der Waals surface area contributed by atoms with Gasteiger partial charge in [0.2, 0.25) is 12.7 Å². The summed E-state index contributed by atoms with van der Waals surface area (Å²) in [4.78, 5) is 13.3. The smallest absolute Gasteiger partial charge is 0.387 e. The molecule has 2 rings (SSSR count). The molecule has 0 unspecified atom stereocenters. The fraction of sp³-hybridized carbons (Fsp3) is 0.500. The van der Waals surface area contributed by atoms with Gasteiger partial charge in [-0.25, -0.2) is 0 Å². The maximum Gasteiger partial charge on any atom is 0.387 e. The van der Waals surface area contributed by atoms with Crippen molar-refractivity contribution in [2.75, 3.05) is 20.4 Å². The van der Waals surface area contributed by atoms with E-state index in [1.807, 2.05) is 0 Å². The molecule has 0 spiro atoms. The van der Waals surface area contributed by atoms with E-state index in [1.165, 1.54) is 11.0 Å². The van der Waals surface area contributed by atoms with Gasteiger partial charge in [-0.05, 0) is 19.0 Å². The number of carbonyl (C=O) groups is 1. The largest absolute Gasteiger partial charge is 0.454 e. The normalized spacial score (nSPS) is 12.6. The van der Waals surface area contributed by atoms with E-state index in [2.05, 4.69) is 4.74 Å². The second-order valence-electron chi connectivity index (χ2n) is 4.83. The van der Waals surface area contributed by atoms with Crippen LogP contribution < -0.4 is 19.9 Å². The zero-order chi connectivity index (χ0) is 16.1. The Hall–Kier alpha value is -2.09. The van der Waals surface area contributed by atoms with E-state index >= 15 is 0 Å². The van der Waals surface area contributed by atoms with Gasteiger partial charge < -0.3 is 24.8 Å². The molecule has 0 radical (unpaired) electrons. The molecule has 2 N–H and O–H groups in total. The lowest BCUT2D eigenvalue weighted by atomic mass is 10.1. The van der Waals surface area contributed by atoms with E-state index in [4.69, 9.17) is 15.2 Å². The lowest BCUT2D eigenvalue weighted by Crippen LogP contribution is -2.26. The van der Waals surface area contributed by atoms with Crippen LogP contribution in [0.5, 0.6) is 17.2 Å². The lowest BCUT2D eigenvalue weighted by molar-refractivity contribution is -0.130. The minimum atomic E-state index is -2.96. The number of rotatable bonds is 7. The predicted molar refractivity (Wildman–Crippen MR) is 74.0 cm³/mol. The number of hydrogen-bond acceptors (Lipinski definition) is 5. The van der Waals surface area contributed by atoms with Gasteiger partial charge in [0.25, 0.3) is 0 Å². The third-order valence-corrected chi connectivity index (χ3v) is 3.20. The van der Waals surface area contributed by atoms with Crippen molar-refractivity contribution >= 4 is 5.91 Å².